The van der Waals surface area contributed by atoms with Gasteiger partial charge >= 0.3 is 12.7 Å². The highest BCUT2D eigenvalue weighted by atomic mass is 19.3. The molecule has 0 saturated heterocycles. The summed E-state index contributed by atoms with van der Waals surface area (Å²) in [7, 11) is 0. The fourth-order valence-corrected chi connectivity index (χ4v) is 6.09. The van der Waals surface area contributed by atoms with E-state index < -0.39 is 53.1 Å². The molecule has 0 radical (unpaired) electrons. The molecule has 0 aliphatic heterocycles. The van der Waals surface area contributed by atoms with Crippen molar-refractivity contribution in [2.24, 2.45) is 17.8 Å². The first-order chi connectivity index (χ1) is 18.0. The molecule has 2 aromatic rings. The first kappa shape index (κ1) is 28.5. The number of alkyl halides is 4. The summed E-state index contributed by atoms with van der Waals surface area (Å²) in [5.41, 5.74) is -1.44. The van der Waals surface area contributed by atoms with E-state index in [-0.39, 0.29) is 23.6 Å². The summed E-state index contributed by atoms with van der Waals surface area (Å²) in [6, 6.07) is 2.03. The Morgan fingerprint density at radius 2 is 1.26 bits per heavy atom. The van der Waals surface area contributed by atoms with Crippen LogP contribution in [0, 0.1) is 41.0 Å². The number of hydrogen-bond donors (Lipinski definition) is 0. The van der Waals surface area contributed by atoms with Gasteiger partial charge in [-0.25, -0.2) is 17.6 Å². The van der Waals surface area contributed by atoms with Gasteiger partial charge < -0.3 is 9.47 Å². The van der Waals surface area contributed by atoms with Crippen LogP contribution in [0.4, 0.5) is 35.1 Å². The lowest BCUT2D eigenvalue weighted by Crippen LogP contribution is -2.27. The molecule has 38 heavy (non-hydrogen) atoms. The van der Waals surface area contributed by atoms with E-state index in [9.17, 15) is 35.1 Å². The summed E-state index contributed by atoms with van der Waals surface area (Å²) in [6.07, 6.45) is 4.68. The molecule has 10 heteroatoms. The van der Waals surface area contributed by atoms with Crippen LogP contribution in [0.15, 0.2) is 24.3 Å². The fourth-order valence-electron chi connectivity index (χ4n) is 6.09. The van der Waals surface area contributed by atoms with Crippen LogP contribution in [-0.4, -0.2) is 6.61 Å². The molecule has 2 aromatic carbocycles. The normalized spacial score (nSPS) is 24.5. The van der Waals surface area contributed by atoms with Crippen LogP contribution in [0.25, 0.3) is 0 Å². The van der Waals surface area contributed by atoms with Crippen molar-refractivity contribution in [2.45, 2.75) is 83.3 Å². The van der Waals surface area contributed by atoms with Gasteiger partial charge in [-0.15, -0.1) is 0 Å². The summed E-state index contributed by atoms with van der Waals surface area (Å²) >= 11 is 0. The molecule has 0 heterocycles. The second-order valence-corrected chi connectivity index (χ2v) is 10.4. The average molecular weight is 551 g/mol. The zero-order chi connectivity index (χ0) is 27.6. The van der Waals surface area contributed by atoms with Gasteiger partial charge in [0.1, 0.15) is 22.9 Å². The van der Waals surface area contributed by atoms with Crippen molar-refractivity contribution in [1.29, 1.82) is 0 Å². The van der Waals surface area contributed by atoms with Crippen LogP contribution in [-0.2, 0) is 6.11 Å². The van der Waals surface area contributed by atoms with Crippen LogP contribution < -0.4 is 9.47 Å². The summed E-state index contributed by atoms with van der Waals surface area (Å²) in [5.74, 6) is -7.41. The van der Waals surface area contributed by atoms with E-state index in [1.54, 1.807) is 0 Å². The van der Waals surface area contributed by atoms with Gasteiger partial charge in [0.15, 0.2) is 17.4 Å². The first-order valence-electron chi connectivity index (χ1n) is 13.0. The Bertz CT molecular complexity index is 1060. The summed E-state index contributed by atoms with van der Waals surface area (Å²) < 4.78 is 119. The maximum atomic E-state index is 14.8. The van der Waals surface area contributed by atoms with E-state index >= 15 is 0 Å². The fraction of sp³-hybridized carbons (Fsp3) is 0.571. The molecule has 2 nitrogen and oxygen atoms in total. The highest BCUT2D eigenvalue weighted by Crippen LogP contribution is 2.45. The van der Waals surface area contributed by atoms with Gasteiger partial charge in [0.2, 0.25) is 0 Å². The van der Waals surface area contributed by atoms with Crippen molar-refractivity contribution in [2.75, 3.05) is 0 Å². The average Bonchev–Trinajstić information content (AvgIpc) is 2.85. The van der Waals surface area contributed by atoms with Gasteiger partial charge in [-0.05, 0) is 79.9 Å². The summed E-state index contributed by atoms with van der Waals surface area (Å²) in [5, 5.41) is 0. The molecule has 0 aromatic heterocycles. The van der Waals surface area contributed by atoms with Gasteiger partial charge in [-0.2, -0.15) is 17.6 Å². The Hall–Kier alpha value is -2.52. The SMILES string of the molecule is CC[C@H]1CC[C@H](C2CCC(c3cc(F)c(C(F)(F)Oc4cc(F)c(OC(F)F)c(F)c4)c(F)c3)CC2)CC1. The minimum Gasteiger partial charge on any atom is -0.429 e. The molecule has 4 rings (SSSR count). The largest absolute Gasteiger partial charge is 0.432 e. The molecule has 2 saturated carbocycles. The lowest BCUT2D eigenvalue weighted by molar-refractivity contribution is -0.189. The highest BCUT2D eigenvalue weighted by molar-refractivity contribution is 5.36. The third-order valence-corrected chi connectivity index (χ3v) is 8.16. The Balaban J connectivity index is 1.44. The van der Waals surface area contributed by atoms with Gasteiger partial charge in [-0.3, -0.25) is 0 Å². The van der Waals surface area contributed by atoms with Crippen molar-refractivity contribution in [3.8, 4) is 11.5 Å². The molecule has 210 valence electrons. The van der Waals surface area contributed by atoms with E-state index in [4.69, 9.17) is 0 Å². The van der Waals surface area contributed by atoms with Crippen molar-refractivity contribution in [3.63, 3.8) is 0 Å². The highest BCUT2D eigenvalue weighted by Gasteiger charge is 2.42. The van der Waals surface area contributed by atoms with Gasteiger partial charge in [0, 0.05) is 12.1 Å². The van der Waals surface area contributed by atoms with Crippen LogP contribution in [0.1, 0.15) is 81.8 Å². The topological polar surface area (TPSA) is 18.5 Å². The third-order valence-electron chi connectivity index (χ3n) is 8.16. The molecular weight excluding hydrogens is 520 g/mol. The van der Waals surface area contributed by atoms with Crippen molar-refractivity contribution >= 4 is 0 Å². The number of benzene rings is 2. The molecule has 2 aliphatic rings. The lowest BCUT2D eigenvalue weighted by Gasteiger charge is -2.38. The Morgan fingerprint density at radius 3 is 1.74 bits per heavy atom. The molecule has 2 aliphatic carbocycles. The second kappa shape index (κ2) is 11.7. The Labute approximate surface area is 216 Å². The van der Waals surface area contributed by atoms with Crippen LogP contribution in [0.3, 0.4) is 0 Å². The smallest absolute Gasteiger partial charge is 0.429 e. The quantitative estimate of drug-likeness (QED) is 0.305. The van der Waals surface area contributed by atoms with Crippen molar-refractivity contribution < 1.29 is 44.6 Å². The van der Waals surface area contributed by atoms with Gasteiger partial charge in [0.25, 0.3) is 0 Å². The summed E-state index contributed by atoms with van der Waals surface area (Å²) in [4.78, 5) is 0. The van der Waals surface area contributed by atoms with E-state index in [1.165, 1.54) is 32.1 Å². The van der Waals surface area contributed by atoms with Crippen molar-refractivity contribution in [1.82, 2.24) is 0 Å². The van der Waals surface area contributed by atoms with Crippen LogP contribution in [0.2, 0.25) is 0 Å². The molecule has 0 unspecified atom stereocenters. The maximum absolute atomic E-state index is 14.8. The van der Waals surface area contributed by atoms with Crippen LogP contribution >= 0.6 is 0 Å². The van der Waals surface area contributed by atoms with E-state index in [0.717, 1.165) is 30.9 Å². The third kappa shape index (κ3) is 6.37. The number of ether oxygens (including phenoxy) is 2. The molecule has 2 fully saturated rings. The molecule has 0 bridgehead atoms. The molecule has 0 N–H and O–H groups in total. The van der Waals surface area contributed by atoms with Crippen LogP contribution in [0.5, 0.6) is 11.5 Å². The Morgan fingerprint density at radius 1 is 0.763 bits per heavy atom. The number of hydrogen-bond acceptors (Lipinski definition) is 2. The summed E-state index contributed by atoms with van der Waals surface area (Å²) in [6.45, 7) is -1.35. The minimum atomic E-state index is -4.65. The number of rotatable bonds is 8. The predicted octanol–water partition coefficient (Wildman–Crippen LogP) is 9.46. The molecule has 0 spiro atoms. The maximum Gasteiger partial charge on any atom is 0.432 e. The first-order valence-corrected chi connectivity index (χ1v) is 13.0. The monoisotopic (exact) mass is 550 g/mol. The molecular formula is C28H30F8O2. The zero-order valence-corrected chi connectivity index (χ0v) is 20.9. The second-order valence-electron chi connectivity index (χ2n) is 10.4. The molecule has 0 amide bonds. The zero-order valence-electron chi connectivity index (χ0n) is 20.9. The van der Waals surface area contributed by atoms with E-state index in [0.29, 0.717) is 24.7 Å². The minimum absolute atomic E-state index is 0.159. The lowest BCUT2D eigenvalue weighted by atomic mass is 9.68. The number of halogens is 8. The van der Waals surface area contributed by atoms with E-state index in [2.05, 4.69) is 16.4 Å². The molecule has 0 atom stereocenters. The predicted molar refractivity (Wildman–Crippen MR) is 124 cm³/mol. The van der Waals surface area contributed by atoms with Crippen molar-refractivity contribution in [3.05, 3.63) is 58.7 Å². The van der Waals surface area contributed by atoms with E-state index in [1.807, 2.05) is 0 Å². The Kier molecular flexibility index (Phi) is 8.77. The van der Waals surface area contributed by atoms with Gasteiger partial charge in [-0.1, -0.05) is 26.2 Å². The standard InChI is InChI=1S/C28H30F8O2/c1-2-15-3-5-16(6-4-15)17-7-9-18(10-8-17)19-11-21(29)25(22(30)12-19)28(35,36)38-20-13-23(31)26(24(32)14-20)37-27(33)34/h11-18,27H,2-10H2,1H3/t15-,16-,17?,18?. The van der Waals surface area contributed by atoms with Gasteiger partial charge in [0.05, 0.1) is 0 Å².